The molecule has 0 atom stereocenters. The first-order valence-corrected chi connectivity index (χ1v) is 5.20. The Hall–Kier alpha value is -1.25. The maximum Gasteiger partial charge on any atom is 0.123 e. The number of nitrogens with two attached hydrogens (primary N) is 1. The van der Waals surface area contributed by atoms with Crippen LogP contribution in [0.25, 0.3) is 10.8 Å². The standard InChI is InChI=1S/C12H12ClNO/c13-11-3-1-2-9-10(11)6-8(4-5-14)7-12(9)15/h1-3,6-7,15H,4-5,14H2. The molecule has 2 nitrogen and oxygen atoms in total. The average molecular weight is 222 g/mol. The van der Waals surface area contributed by atoms with E-state index in [1.165, 1.54) is 0 Å². The van der Waals surface area contributed by atoms with E-state index in [0.717, 1.165) is 22.8 Å². The molecule has 0 amide bonds. The summed E-state index contributed by atoms with van der Waals surface area (Å²) in [6, 6.07) is 9.21. The Labute approximate surface area is 93.3 Å². The fourth-order valence-electron chi connectivity index (χ4n) is 1.70. The van der Waals surface area contributed by atoms with Crippen LogP contribution in [0.3, 0.4) is 0 Å². The van der Waals surface area contributed by atoms with Crippen LogP contribution in [-0.4, -0.2) is 11.7 Å². The Morgan fingerprint density at radius 3 is 2.73 bits per heavy atom. The molecule has 0 saturated carbocycles. The lowest BCUT2D eigenvalue weighted by Gasteiger charge is -2.06. The molecule has 3 N–H and O–H groups in total. The minimum Gasteiger partial charge on any atom is -0.507 e. The molecule has 0 aliphatic rings. The first-order chi connectivity index (χ1) is 7.22. The lowest BCUT2D eigenvalue weighted by atomic mass is 10.0. The van der Waals surface area contributed by atoms with Gasteiger partial charge in [0.05, 0.1) is 0 Å². The monoisotopic (exact) mass is 221 g/mol. The molecule has 0 aliphatic carbocycles. The fourth-order valence-corrected chi connectivity index (χ4v) is 1.93. The van der Waals surface area contributed by atoms with Crippen LogP contribution in [0.15, 0.2) is 30.3 Å². The molecule has 0 heterocycles. The Morgan fingerprint density at radius 2 is 2.00 bits per heavy atom. The van der Waals surface area contributed by atoms with Gasteiger partial charge in [-0.15, -0.1) is 0 Å². The smallest absolute Gasteiger partial charge is 0.123 e. The van der Waals surface area contributed by atoms with Crippen molar-refractivity contribution in [2.24, 2.45) is 5.73 Å². The van der Waals surface area contributed by atoms with Crippen molar-refractivity contribution >= 4 is 22.4 Å². The number of halogens is 1. The van der Waals surface area contributed by atoms with E-state index in [1.54, 1.807) is 6.07 Å². The van der Waals surface area contributed by atoms with Crippen molar-refractivity contribution in [3.05, 3.63) is 40.9 Å². The van der Waals surface area contributed by atoms with E-state index >= 15 is 0 Å². The van der Waals surface area contributed by atoms with Crippen LogP contribution in [0.5, 0.6) is 5.75 Å². The number of fused-ring (bicyclic) bond motifs is 1. The highest BCUT2D eigenvalue weighted by Gasteiger charge is 2.05. The molecule has 2 aromatic rings. The zero-order chi connectivity index (χ0) is 10.8. The summed E-state index contributed by atoms with van der Waals surface area (Å²) in [6.07, 6.45) is 0.745. The van der Waals surface area contributed by atoms with Gasteiger partial charge >= 0.3 is 0 Å². The summed E-state index contributed by atoms with van der Waals surface area (Å²) in [6.45, 7) is 0.565. The largest absolute Gasteiger partial charge is 0.507 e. The Bertz CT molecular complexity index is 496. The van der Waals surface area contributed by atoms with Crippen molar-refractivity contribution in [1.82, 2.24) is 0 Å². The van der Waals surface area contributed by atoms with Gasteiger partial charge < -0.3 is 10.8 Å². The molecule has 2 aromatic carbocycles. The maximum atomic E-state index is 9.80. The maximum absolute atomic E-state index is 9.80. The van der Waals surface area contributed by atoms with Crippen molar-refractivity contribution in [3.8, 4) is 5.75 Å². The van der Waals surface area contributed by atoms with Crippen LogP contribution in [0.4, 0.5) is 0 Å². The molecule has 0 radical (unpaired) electrons. The molecule has 0 unspecified atom stereocenters. The van der Waals surface area contributed by atoms with E-state index in [-0.39, 0.29) is 5.75 Å². The van der Waals surface area contributed by atoms with Crippen LogP contribution >= 0.6 is 11.6 Å². The van der Waals surface area contributed by atoms with Crippen molar-refractivity contribution < 1.29 is 5.11 Å². The van der Waals surface area contributed by atoms with Crippen molar-refractivity contribution in [1.29, 1.82) is 0 Å². The third-order valence-electron chi connectivity index (χ3n) is 2.41. The summed E-state index contributed by atoms with van der Waals surface area (Å²) in [5, 5.41) is 12.1. The minimum absolute atomic E-state index is 0.262. The highest BCUT2D eigenvalue weighted by molar-refractivity contribution is 6.35. The Kier molecular flexibility index (Phi) is 2.80. The summed E-state index contributed by atoms with van der Waals surface area (Å²) >= 11 is 6.06. The fraction of sp³-hybridized carbons (Fsp3) is 0.167. The predicted molar refractivity (Wildman–Crippen MR) is 63.4 cm³/mol. The molecule has 3 heteroatoms. The molecule has 2 rings (SSSR count). The van der Waals surface area contributed by atoms with Crippen LogP contribution in [0, 0.1) is 0 Å². The number of phenols is 1. The second-order valence-corrected chi connectivity index (χ2v) is 3.90. The molecule has 15 heavy (non-hydrogen) atoms. The summed E-state index contributed by atoms with van der Waals surface area (Å²) in [5.41, 5.74) is 6.49. The number of hydrogen-bond acceptors (Lipinski definition) is 2. The van der Waals surface area contributed by atoms with Gasteiger partial charge in [0.2, 0.25) is 0 Å². The number of benzene rings is 2. The van der Waals surface area contributed by atoms with Gasteiger partial charge in [0.15, 0.2) is 0 Å². The van der Waals surface area contributed by atoms with Crippen molar-refractivity contribution in [2.75, 3.05) is 6.54 Å². The molecule has 0 saturated heterocycles. The minimum atomic E-state index is 0.262. The van der Waals surface area contributed by atoms with Gasteiger partial charge in [-0.1, -0.05) is 23.7 Å². The zero-order valence-corrected chi connectivity index (χ0v) is 8.96. The topological polar surface area (TPSA) is 46.2 Å². The van der Waals surface area contributed by atoms with E-state index in [0.29, 0.717) is 11.6 Å². The van der Waals surface area contributed by atoms with Crippen LogP contribution in [0.1, 0.15) is 5.56 Å². The first kappa shape index (κ1) is 10.3. The molecule has 0 aliphatic heterocycles. The van der Waals surface area contributed by atoms with Gasteiger partial charge in [0.1, 0.15) is 5.75 Å². The van der Waals surface area contributed by atoms with E-state index in [4.69, 9.17) is 17.3 Å². The van der Waals surface area contributed by atoms with E-state index in [9.17, 15) is 5.11 Å². The quantitative estimate of drug-likeness (QED) is 0.819. The second-order valence-electron chi connectivity index (χ2n) is 3.49. The van der Waals surface area contributed by atoms with Crippen molar-refractivity contribution in [3.63, 3.8) is 0 Å². The number of phenolic OH excluding ortho intramolecular Hbond substituents is 1. The van der Waals surface area contributed by atoms with Crippen LogP contribution < -0.4 is 5.73 Å². The second kappa shape index (κ2) is 4.09. The van der Waals surface area contributed by atoms with Gasteiger partial charge in [-0.3, -0.25) is 0 Å². The number of hydrogen-bond donors (Lipinski definition) is 2. The molecule has 0 aromatic heterocycles. The highest BCUT2D eigenvalue weighted by Crippen LogP contribution is 2.31. The van der Waals surface area contributed by atoms with E-state index < -0.39 is 0 Å². The van der Waals surface area contributed by atoms with Gasteiger partial charge in [0, 0.05) is 15.8 Å². The normalized spacial score (nSPS) is 10.8. The predicted octanol–water partition coefficient (Wildman–Crippen LogP) is 2.70. The molecule has 78 valence electrons. The van der Waals surface area contributed by atoms with Gasteiger partial charge in [0.25, 0.3) is 0 Å². The summed E-state index contributed by atoms with van der Waals surface area (Å²) in [7, 11) is 0. The number of rotatable bonds is 2. The Balaban J connectivity index is 2.68. The third kappa shape index (κ3) is 1.91. The third-order valence-corrected chi connectivity index (χ3v) is 2.74. The highest BCUT2D eigenvalue weighted by atomic mass is 35.5. The number of aromatic hydroxyl groups is 1. The van der Waals surface area contributed by atoms with Crippen LogP contribution in [0.2, 0.25) is 5.02 Å². The summed E-state index contributed by atoms with van der Waals surface area (Å²) in [5.74, 6) is 0.262. The molecular weight excluding hydrogens is 210 g/mol. The first-order valence-electron chi connectivity index (χ1n) is 4.82. The van der Waals surface area contributed by atoms with E-state index in [1.807, 2.05) is 24.3 Å². The summed E-state index contributed by atoms with van der Waals surface area (Å²) in [4.78, 5) is 0. The summed E-state index contributed by atoms with van der Waals surface area (Å²) < 4.78 is 0. The molecule has 0 spiro atoms. The molecule has 0 bridgehead atoms. The lowest BCUT2D eigenvalue weighted by molar-refractivity contribution is 0.481. The van der Waals surface area contributed by atoms with Crippen molar-refractivity contribution in [2.45, 2.75) is 6.42 Å². The average Bonchev–Trinajstić information content (AvgIpc) is 2.20. The zero-order valence-electron chi connectivity index (χ0n) is 8.20. The van der Waals surface area contributed by atoms with Gasteiger partial charge in [-0.25, -0.2) is 0 Å². The van der Waals surface area contributed by atoms with Gasteiger partial charge in [-0.2, -0.15) is 0 Å². The Morgan fingerprint density at radius 1 is 1.20 bits per heavy atom. The van der Waals surface area contributed by atoms with Crippen LogP contribution in [-0.2, 0) is 6.42 Å². The molecular formula is C12H12ClNO. The SMILES string of the molecule is NCCc1cc(O)c2cccc(Cl)c2c1. The van der Waals surface area contributed by atoms with Gasteiger partial charge in [-0.05, 0) is 36.7 Å². The lowest BCUT2D eigenvalue weighted by Crippen LogP contribution is -2.02. The van der Waals surface area contributed by atoms with E-state index in [2.05, 4.69) is 0 Å². The molecule has 0 fully saturated rings.